The number of rotatable bonds is 3. The minimum Gasteiger partial charge on any atom is -0.324 e. The monoisotopic (exact) mass is 332 g/mol. The second-order valence-electron chi connectivity index (χ2n) is 4.46. The summed E-state index contributed by atoms with van der Waals surface area (Å²) >= 11 is 5.21. The lowest BCUT2D eigenvalue weighted by Crippen LogP contribution is -2.13. The molecule has 1 atom stereocenters. The van der Waals surface area contributed by atoms with Crippen molar-refractivity contribution in [2.24, 2.45) is 5.73 Å². The number of fused-ring (bicyclic) bond motifs is 1. The first kappa shape index (κ1) is 12.8. The number of hydrogen-bond donors (Lipinski definition) is 1. The molecule has 0 amide bonds. The number of halogens is 1. The van der Waals surface area contributed by atoms with Crippen LogP contribution in [-0.4, -0.2) is 4.98 Å². The van der Waals surface area contributed by atoms with Gasteiger partial charge in [0.2, 0.25) is 0 Å². The molecule has 2 heterocycles. The quantitative estimate of drug-likeness (QED) is 0.776. The molecule has 4 heteroatoms. The zero-order valence-electron chi connectivity index (χ0n) is 10.2. The predicted molar refractivity (Wildman–Crippen MR) is 84.4 cm³/mol. The van der Waals surface area contributed by atoms with Gasteiger partial charge in [-0.15, -0.1) is 11.3 Å². The van der Waals surface area contributed by atoms with Gasteiger partial charge in [0.1, 0.15) is 0 Å². The van der Waals surface area contributed by atoms with Gasteiger partial charge in [0, 0.05) is 38.8 Å². The van der Waals surface area contributed by atoms with Crippen LogP contribution in [0.1, 0.15) is 16.5 Å². The highest BCUT2D eigenvalue weighted by Gasteiger charge is 2.12. The number of benzene rings is 1. The van der Waals surface area contributed by atoms with Gasteiger partial charge in [0.25, 0.3) is 0 Å². The second kappa shape index (κ2) is 5.41. The molecule has 0 spiro atoms. The van der Waals surface area contributed by atoms with E-state index < -0.39 is 0 Å². The summed E-state index contributed by atoms with van der Waals surface area (Å²) < 4.78 is 1.12. The number of nitrogens with zero attached hydrogens (tertiary/aromatic N) is 1. The predicted octanol–water partition coefficient (Wildman–Crippen LogP) is 4.30. The molecule has 2 aromatic heterocycles. The lowest BCUT2D eigenvalue weighted by atomic mass is 10.00. The van der Waals surface area contributed by atoms with Crippen LogP contribution >= 0.6 is 27.3 Å². The van der Waals surface area contributed by atoms with Crippen LogP contribution in [0.15, 0.2) is 52.4 Å². The highest BCUT2D eigenvalue weighted by molar-refractivity contribution is 9.10. The van der Waals surface area contributed by atoms with Crippen LogP contribution in [-0.2, 0) is 6.42 Å². The normalized spacial score (nSPS) is 12.7. The minimum atomic E-state index is -0.00144. The van der Waals surface area contributed by atoms with Crippen molar-refractivity contribution < 1.29 is 0 Å². The SMILES string of the molecule is NC(Cc1cc(Br)cs1)c1ccnc2ccccc12. The molecule has 19 heavy (non-hydrogen) atoms. The Labute approximate surface area is 124 Å². The van der Waals surface area contributed by atoms with Crippen LogP contribution < -0.4 is 5.73 Å². The van der Waals surface area contributed by atoms with Crippen molar-refractivity contribution in [2.45, 2.75) is 12.5 Å². The molecule has 2 nitrogen and oxygen atoms in total. The molecule has 3 aromatic rings. The molecule has 96 valence electrons. The second-order valence-corrected chi connectivity index (χ2v) is 6.37. The highest BCUT2D eigenvalue weighted by atomic mass is 79.9. The molecule has 2 N–H and O–H groups in total. The van der Waals surface area contributed by atoms with E-state index in [4.69, 9.17) is 5.73 Å². The maximum absolute atomic E-state index is 6.37. The van der Waals surface area contributed by atoms with E-state index >= 15 is 0 Å². The summed E-state index contributed by atoms with van der Waals surface area (Å²) in [7, 11) is 0. The smallest absolute Gasteiger partial charge is 0.0705 e. The van der Waals surface area contributed by atoms with Crippen molar-refractivity contribution in [2.75, 3.05) is 0 Å². The molecule has 0 radical (unpaired) electrons. The Kier molecular flexibility index (Phi) is 3.64. The minimum absolute atomic E-state index is 0.00144. The van der Waals surface area contributed by atoms with Crippen LogP contribution in [0.2, 0.25) is 0 Å². The molecule has 0 fully saturated rings. The van der Waals surface area contributed by atoms with Crippen LogP contribution in [0.3, 0.4) is 0 Å². The lowest BCUT2D eigenvalue weighted by Gasteiger charge is -2.13. The first-order valence-electron chi connectivity index (χ1n) is 6.06. The molecule has 0 saturated carbocycles. The molecule has 0 saturated heterocycles. The largest absolute Gasteiger partial charge is 0.324 e. The van der Waals surface area contributed by atoms with E-state index in [2.05, 4.69) is 38.4 Å². The summed E-state index contributed by atoms with van der Waals surface area (Å²) in [5.41, 5.74) is 8.53. The maximum atomic E-state index is 6.37. The summed E-state index contributed by atoms with van der Waals surface area (Å²) in [6.07, 6.45) is 2.69. The van der Waals surface area contributed by atoms with Gasteiger partial charge >= 0.3 is 0 Å². The van der Waals surface area contributed by atoms with Crippen molar-refractivity contribution in [3.05, 3.63) is 62.9 Å². The number of hydrogen-bond acceptors (Lipinski definition) is 3. The number of para-hydroxylation sites is 1. The van der Waals surface area contributed by atoms with E-state index in [-0.39, 0.29) is 6.04 Å². The highest BCUT2D eigenvalue weighted by Crippen LogP contribution is 2.27. The summed E-state index contributed by atoms with van der Waals surface area (Å²) in [4.78, 5) is 5.67. The van der Waals surface area contributed by atoms with Crippen LogP contribution in [0.25, 0.3) is 10.9 Å². The summed E-state index contributed by atoms with van der Waals surface area (Å²) in [6, 6.07) is 12.3. The summed E-state index contributed by atoms with van der Waals surface area (Å²) in [5, 5.41) is 3.24. The average Bonchev–Trinajstić information content (AvgIpc) is 2.83. The number of aromatic nitrogens is 1. The molecule has 3 rings (SSSR count). The molecule has 1 unspecified atom stereocenters. The van der Waals surface area contributed by atoms with E-state index in [0.717, 1.165) is 27.4 Å². The van der Waals surface area contributed by atoms with Crippen LogP contribution in [0.4, 0.5) is 0 Å². The Morgan fingerprint density at radius 3 is 2.89 bits per heavy atom. The van der Waals surface area contributed by atoms with Gasteiger partial charge < -0.3 is 5.73 Å². The fourth-order valence-corrected chi connectivity index (χ4v) is 3.74. The van der Waals surface area contributed by atoms with Crippen molar-refractivity contribution in [3.63, 3.8) is 0 Å². The Morgan fingerprint density at radius 2 is 2.11 bits per heavy atom. The molecule has 0 bridgehead atoms. The fraction of sp³-hybridized carbons (Fsp3) is 0.133. The number of nitrogens with two attached hydrogens (primary N) is 1. The first-order chi connectivity index (χ1) is 9.24. The third kappa shape index (κ3) is 2.71. The fourth-order valence-electron chi connectivity index (χ4n) is 2.23. The van der Waals surface area contributed by atoms with E-state index in [0.29, 0.717) is 0 Å². The topological polar surface area (TPSA) is 38.9 Å². The molecule has 0 aliphatic rings. The van der Waals surface area contributed by atoms with Gasteiger partial charge in [0.05, 0.1) is 5.52 Å². The zero-order chi connectivity index (χ0) is 13.2. The van der Waals surface area contributed by atoms with Crippen LogP contribution in [0, 0.1) is 0 Å². The third-order valence-corrected chi connectivity index (χ3v) is 4.85. The van der Waals surface area contributed by atoms with E-state index in [1.165, 1.54) is 4.88 Å². The molecular formula is C15H13BrN2S. The summed E-state index contributed by atoms with van der Waals surface area (Å²) in [6.45, 7) is 0. The third-order valence-electron chi connectivity index (χ3n) is 3.13. The van der Waals surface area contributed by atoms with Gasteiger partial charge in [-0.1, -0.05) is 18.2 Å². The Balaban J connectivity index is 1.95. The van der Waals surface area contributed by atoms with E-state index in [1.807, 2.05) is 30.5 Å². The number of thiophene rings is 1. The number of pyridine rings is 1. The first-order valence-corrected chi connectivity index (χ1v) is 7.73. The Hall–Kier alpha value is -1.23. The standard InChI is InChI=1S/C15H13BrN2S/c16-10-7-11(19-9-10)8-14(17)12-5-6-18-15-4-2-1-3-13(12)15/h1-7,9,14H,8,17H2. The molecule has 0 aliphatic carbocycles. The van der Waals surface area contributed by atoms with Gasteiger partial charge in [-0.2, -0.15) is 0 Å². The van der Waals surface area contributed by atoms with Crippen molar-refractivity contribution in [3.8, 4) is 0 Å². The van der Waals surface area contributed by atoms with Crippen LogP contribution in [0.5, 0.6) is 0 Å². The van der Waals surface area contributed by atoms with Gasteiger partial charge in [-0.25, -0.2) is 0 Å². The molecular weight excluding hydrogens is 320 g/mol. The van der Waals surface area contributed by atoms with Crippen molar-refractivity contribution in [1.82, 2.24) is 4.98 Å². The van der Waals surface area contributed by atoms with Gasteiger partial charge in [-0.3, -0.25) is 4.98 Å². The maximum Gasteiger partial charge on any atom is 0.0705 e. The summed E-state index contributed by atoms with van der Waals surface area (Å²) in [5.74, 6) is 0. The Morgan fingerprint density at radius 1 is 1.26 bits per heavy atom. The molecule has 1 aromatic carbocycles. The van der Waals surface area contributed by atoms with Gasteiger partial charge in [0.15, 0.2) is 0 Å². The van der Waals surface area contributed by atoms with E-state index in [9.17, 15) is 0 Å². The average molecular weight is 333 g/mol. The van der Waals surface area contributed by atoms with Crippen molar-refractivity contribution >= 4 is 38.2 Å². The Bertz CT molecular complexity index is 703. The lowest BCUT2D eigenvalue weighted by molar-refractivity contribution is 0.735. The van der Waals surface area contributed by atoms with Gasteiger partial charge in [-0.05, 0) is 39.7 Å². The van der Waals surface area contributed by atoms with E-state index in [1.54, 1.807) is 11.3 Å². The molecule has 0 aliphatic heterocycles. The zero-order valence-corrected chi connectivity index (χ0v) is 12.6. The van der Waals surface area contributed by atoms with Crippen molar-refractivity contribution in [1.29, 1.82) is 0 Å².